The predicted molar refractivity (Wildman–Crippen MR) is 96.4 cm³/mol. The van der Waals surface area contributed by atoms with Gasteiger partial charge in [0.2, 0.25) is 0 Å². The van der Waals surface area contributed by atoms with Crippen molar-refractivity contribution in [2.45, 2.75) is 26.2 Å². The Morgan fingerprint density at radius 2 is 1.83 bits per heavy atom. The van der Waals surface area contributed by atoms with Crippen molar-refractivity contribution in [1.29, 1.82) is 0 Å². The summed E-state index contributed by atoms with van der Waals surface area (Å²) >= 11 is 3.36. The SMILES string of the molecule is COc1cc(Br)cc(C=Nc2cc(C(C)(C)C)ccc2O)c1O. The van der Waals surface area contributed by atoms with Crippen LogP contribution in [0.3, 0.4) is 0 Å². The molecule has 0 aromatic heterocycles. The zero-order chi connectivity index (χ0) is 17.2. The maximum Gasteiger partial charge on any atom is 0.166 e. The van der Waals surface area contributed by atoms with Crippen LogP contribution in [0.2, 0.25) is 0 Å². The van der Waals surface area contributed by atoms with E-state index < -0.39 is 0 Å². The van der Waals surface area contributed by atoms with E-state index in [0.717, 1.165) is 10.0 Å². The van der Waals surface area contributed by atoms with E-state index in [0.29, 0.717) is 17.0 Å². The van der Waals surface area contributed by atoms with Crippen LogP contribution in [0.5, 0.6) is 17.2 Å². The van der Waals surface area contributed by atoms with E-state index in [2.05, 4.69) is 41.7 Å². The maximum atomic E-state index is 10.1. The van der Waals surface area contributed by atoms with Crippen molar-refractivity contribution < 1.29 is 14.9 Å². The van der Waals surface area contributed by atoms with E-state index in [1.54, 1.807) is 18.2 Å². The zero-order valence-corrected chi connectivity index (χ0v) is 15.2. The summed E-state index contributed by atoms with van der Waals surface area (Å²) in [6, 6.07) is 8.76. The highest BCUT2D eigenvalue weighted by Gasteiger charge is 2.15. The van der Waals surface area contributed by atoms with Gasteiger partial charge in [0.05, 0.1) is 7.11 Å². The molecule has 122 valence electrons. The Hall–Kier alpha value is -2.01. The third-order valence-electron chi connectivity index (χ3n) is 3.47. The molecule has 23 heavy (non-hydrogen) atoms. The van der Waals surface area contributed by atoms with Gasteiger partial charge < -0.3 is 14.9 Å². The molecule has 0 fully saturated rings. The summed E-state index contributed by atoms with van der Waals surface area (Å²) in [5.41, 5.74) is 1.98. The summed E-state index contributed by atoms with van der Waals surface area (Å²) < 4.78 is 5.88. The molecule has 0 atom stereocenters. The number of aliphatic imine (C=N–C) groups is 1. The molecular weight excluding hydrogens is 358 g/mol. The van der Waals surface area contributed by atoms with Gasteiger partial charge in [0, 0.05) is 16.3 Å². The lowest BCUT2D eigenvalue weighted by Crippen LogP contribution is -2.10. The van der Waals surface area contributed by atoms with Crippen molar-refractivity contribution in [3.8, 4) is 17.2 Å². The normalized spacial score (nSPS) is 11.9. The smallest absolute Gasteiger partial charge is 0.166 e. The third kappa shape index (κ3) is 4.05. The lowest BCUT2D eigenvalue weighted by atomic mass is 9.87. The Morgan fingerprint density at radius 1 is 1.13 bits per heavy atom. The summed E-state index contributed by atoms with van der Waals surface area (Å²) in [6.45, 7) is 6.29. The topological polar surface area (TPSA) is 62.0 Å². The van der Waals surface area contributed by atoms with Gasteiger partial charge in [-0.05, 0) is 35.2 Å². The van der Waals surface area contributed by atoms with Gasteiger partial charge in [-0.2, -0.15) is 0 Å². The molecule has 0 radical (unpaired) electrons. The second kappa shape index (κ2) is 6.62. The number of methoxy groups -OCH3 is 1. The minimum absolute atomic E-state index is 0.00548. The molecule has 0 saturated carbocycles. The molecule has 2 N–H and O–H groups in total. The summed E-state index contributed by atoms with van der Waals surface area (Å²) in [4.78, 5) is 4.32. The second-order valence-corrected chi connectivity index (χ2v) is 7.17. The Labute approximate surface area is 144 Å². The van der Waals surface area contributed by atoms with Crippen molar-refractivity contribution in [3.63, 3.8) is 0 Å². The monoisotopic (exact) mass is 377 g/mol. The van der Waals surface area contributed by atoms with Crippen LogP contribution in [0.15, 0.2) is 39.8 Å². The van der Waals surface area contributed by atoms with Crippen molar-refractivity contribution >= 4 is 27.8 Å². The van der Waals surface area contributed by atoms with Gasteiger partial charge in [-0.3, -0.25) is 4.99 Å². The second-order valence-electron chi connectivity index (χ2n) is 6.26. The van der Waals surface area contributed by atoms with Crippen LogP contribution >= 0.6 is 15.9 Å². The van der Waals surface area contributed by atoms with Crippen LogP contribution in [-0.2, 0) is 5.41 Å². The minimum Gasteiger partial charge on any atom is -0.506 e. The zero-order valence-electron chi connectivity index (χ0n) is 13.6. The van der Waals surface area contributed by atoms with Crippen LogP contribution in [0.25, 0.3) is 0 Å². The lowest BCUT2D eigenvalue weighted by Gasteiger charge is -2.19. The molecule has 0 aliphatic heterocycles. The molecule has 2 aromatic carbocycles. The molecule has 0 saturated heterocycles. The van der Waals surface area contributed by atoms with Crippen LogP contribution < -0.4 is 4.74 Å². The molecule has 4 nitrogen and oxygen atoms in total. The third-order valence-corrected chi connectivity index (χ3v) is 3.93. The number of rotatable bonds is 3. The van der Waals surface area contributed by atoms with E-state index in [-0.39, 0.29) is 16.9 Å². The average Bonchev–Trinajstić information content (AvgIpc) is 2.47. The van der Waals surface area contributed by atoms with Crippen LogP contribution in [0, 0.1) is 0 Å². The van der Waals surface area contributed by atoms with Gasteiger partial charge >= 0.3 is 0 Å². The number of phenols is 2. The predicted octanol–water partition coefficient (Wildman–Crippen LogP) is 4.92. The van der Waals surface area contributed by atoms with Gasteiger partial charge in [0.15, 0.2) is 11.5 Å². The largest absolute Gasteiger partial charge is 0.506 e. The van der Waals surface area contributed by atoms with Crippen molar-refractivity contribution in [1.82, 2.24) is 0 Å². The number of phenolic OH excluding ortho intramolecular Hbond substituents is 2. The van der Waals surface area contributed by atoms with Crippen LogP contribution in [-0.4, -0.2) is 23.5 Å². The number of nitrogens with zero attached hydrogens (tertiary/aromatic N) is 1. The molecular formula is C18H20BrNO3. The highest BCUT2D eigenvalue weighted by atomic mass is 79.9. The highest BCUT2D eigenvalue weighted by molar-refractivity contribution is 9.10. The summed E-state index contributed by atoms with van der Waals surface area (Å²) in [7, 11) is 1.49. The van der Waals surface area contributed by atoms with Gasteiger partial charge in [-0.15, -0.1) is 0 Å². The first-order valence-electron chi connectivity index (χ1n) is 7.16. The van der Waals surface area contributed by atoms with Crippen molar-refractivity contribution in [3.05, 3.63) is 45.9 Å². The molecule has 0 amide bonds. The summed E-state index contributed by atoms with van der Waals surface area (Å²) in [5.74, 6) is 0.454. The molecule has 2 rings (SSSR count). The molecule has 0 aliphatic carbocycles. The quantitative estimate of drug-likeness (QED) is 0.746. The van der Waals surface area contributed by atoms with Gasteiger partial charge in [0.1, 0.15) is 11.4 Å². The lowest BCUT2D eigenvalue weighted by molar-refractivity contribution is 0.373. The molecule has 0 aliphatic rings. The fourth-order valence-electron chi connectivity index (χ4n) is 2.08. The van der Waals surface area contributed by atoms with E-state index in [9.17, 15) is 10.2 Å². The number of hydrogen-bond donors (Lipinski definition) is 2. The Kier molecular flexibility index (Phi) is 5.00. The fourth-order valence-corrected chi connectivity index (χ4v) is 2.54. The molecule has 0 unspecified atom stereocenters. The summed E-state index contributed by atoms with van der Waals surface area (Å²) in [6.07, 6.45) is 1.50. The van der Waals surface area contributed by atoms with E-state index in [4.69, 9.17) is 4.74 Å². The van der Waals surface area contributed by atoms with E-state index in [1.807, 2.05) is 12.1 Å². The molecule has 2 aromatic rings. The van der Waals surface area contributed by atoms with Crippen LogP contribution in [0.1, 0.15) is 31.9 Å². The number of hydrogen-bond acceptors (Lipinski definition) is 4. The van der Waals surface area contributed by atoms with Crippen molar-refractivity contribution in [2.24, 2.45) is 4.99 Å². The highest BCUT2D eigenvalue weighted by Crippen LogP contribution is 2.35. The van der Waals surface area contributed by atoms with Gasteiger partial charge in [-0.25, -0.2) is 0 Å². The minimum atomic E-state index is -0.0426. The number of ether oxygens (including phenoxy) is 1. The standard InChI is InChI=1S/C18H20BrNO3/c1-18(2,3)12-5-6-15(21)14(8-12)20-10-11-7-13(19)9-16(23-4)17(11)22/h5-10,21-22H,1-4H3. The first kappa shape index (κ1) is 17.3. The number of benzene rings is 2. The first-order valence-corrected chi connectivity index (χ1v) is 7.95. The summed E-state index contributed by atoms with van der Waals surface area (Å²) in [5, 5.41) is 20.1. The molecule has 0 spiro atoms. The van der Waals surface area contributed by atoms with E-state index in [1.165, 1.54) is 13.3 Å². The fraction of sp³-hybridized carbons (Fsp3) is 0.278. The van der Waals surface area contributed by atoms with E-state index >= 15 is 0 Å². The van der Waals surface area contributed by atoms with Gasteiger partial charge in [-0.1, -0.05) is 42.8 Å². The molecule has 5 heteroatoms. The van der Waals surface area contributed by atoms with Crippen LogP contribution in [0.4, 0.5) is 5.69 Å². The average molecular weight is 378 g/mol. The number of aromatic hydroxyl groups is 2. The first-order chi connectivity index (χ1) is 10.7. The molecule has 0 heterocycles. The van der Waals surface area contributed by atoms with Crippen molar-refractivity contribution in [2.75, 3.05) is 7.11 Å². The molecule has 0 bridgehead atoms. The number of halogens is 1. The van der Waals surface area contributed by atoms with Gasteiger partial charge in [0.25, 0.3) is 0 Å². The maximum absolute atomic E-state index is 10.1. The Morgan fingerprint density at radius 3 is 2.43 bits per heavy atom. The Balaban J connectivity index is 2.43. The Bertz CT molecular complexity index is 749.